The first kappa shape index (κ1) is 4.47. The fourth-order valence-electron chi connectivity index (χ4n) is 1.59. The van der Waals surface area contributed by atoms with E-state index in [2.05, 4.69) is 0 Å². The van der Waals surface area contributed by atoms with Gasteiger partial charge in [0.15, 0.2) is 1.41 Å². The number of benzene rings is 2. The second-order valence-electron chi connectivity index (χ2n) is 2.98. The van der Waals surface area contributed by atoms with Crippen LogP contribution in [0.25, 0.3) is 21.8 Å². The van der Waals surface area contributed by atoms with Crippen molar-refractivity contribution in [1.29, 1.82) is 0 Å². The molecule has 62 valence electrons. The molecular weight excluding hydrogens is 158 g/mol. The van der Waals surface area contributed by atoms with E-state index in [1.54, 1.807) is 24.3 Å². The number of fused-ring (bicyclic) bond motifs is 3. The second-order valence-corrected chi connectivity index (χ2v) is 2.98. The van der Waals surface area contributed by atoms with Gasteiger partial charge in [0.1, 0.15) is 0 Å². The lowest BCUT2D eigenvalue weighted by Gasteiger charge is -1.87. The third-order valence-corrected chi connectivity index (χ3v) is 2.18. The Morgan fingerprint density at radius 1 is 0.923 bits per heavy atom. The van der Waals surface area contributed by atoms with E-state index in [1.165, 1.54) is 4.98 Å². The van der Waals surface area contributed by atoms with Gasteiger partial charge < -0.3 is 4.98 Å². The molecule has 0 radical (unpaired) electrons. The van der Waals surface area contributed by atoms with Gasteiger partial charge in [0.05, 0.1) is 2.74 Å². The Balaban J connectivity index is 2.70. The summed E-state index contributed by atoms with van der Waals surface area (Å²) in [5, 5.41) is 1.73. The summed E-state index contributed by atoms with van der Waals surface area (Å²) in [5.41, 5.74) is 1.13. The molecule has 2 aromatic carbocycles. The van der Waals surface area contributed by atoms with Crippen LogP contribution in [0.2, 0.25) is 1.41 Å². The lowest BCUT2D eigenvalue weighted by Crippen LogP contribution is -1.62. The van der Waals surface area contributed by atoms with Crippen LogP contribution in [0, 0.1) is 0 Å². The Bertz CT molecular complexity index is 641. The van der Waals surface area contributed by atoms with E-state index in [9.17, 15) is 0 Å². The number of H-pyrrole nitrogens is 1. The Labute approximate surface area is 80.3 Å². The first-order valence-electron chi connectivity index (χ1n) is 5.63. The van der Waals surface area contributed by atoms with E-state index in [0.717, 1.165) is 10.8 Å². The molecule has 0 fully saturated rings. The summed E-state index contributed by atoms with van der Waals surface area (Å²) >= 11 is 0. The van der Waals surface area contributed by atoms with Gasteiger partial charge >= 0.3 is 0 Å². The molecule has 0 aliphatic heterocycles. The average molecular weight is 170 g/mol. The Morgan fingerprint density at radius 3 is 2.00 bits per heavy atom. The molecule has 3 aromatic rings. The molecule has 1 nitrogen and oxygen atoms in total. The van der Waals surface area contributed by atoms with E-state index < -0.39 is 0 Å². The van der Waals surface area contributed by atoms with Crippen molar-refractivity contribution in [2.24, 2.45) is 0 Å². The third kappa shape index (κ3) is 0.872. The number of aromatic amines is 1. The number of para-hydroxylation sites is 2. The van der Waals surface area contributed by atoms with Crippen LogP contribution in [0.4, 0.5) is 0 Å². The largest absolute Gasteiger partial charge is 0.355 e. The number of hydrogen-bond donors (Lipinski definition) is 1. The minimum absolute atomic E-state index is 0.322. The van der Waals surface area contributed by atoms with Crippen LogP contribution in [-0.4, -0.2) is 4.98 Å². The van der Waals surface area contributed by atoms with Crippen LogP contribution in [0.3, 0.4) is 0 Å². The summed E-state index contributed by atoms with van der Waals surface area (Å²) in [7, 11) is 0. The zero-order chi connectivity index (χ0) is 11.3. The monoisotopic (exact) mass is 170 g/mol. The third-order valence-electron chi connectivity index (χ3n) is 2.18. The SMILES string of the molecule is [2H]c1cccc2c3cccc([2H])c3n([2H])c12. The van der Waals surface area contributed by atoms with Gasteiger partial charge in [0, 0.05) is 21.8 Å². The van der Waals surface area contributed by atoms with E-state index in [4.69, 9.17) is 4.15 Å². The molecule has 0 spiro atoms. The van der Waals surface area contributed by atoms with Crippen LogP contribution in [0.5, 0.6) is 0 Å². The number of nitrogens with one attached hydrogen (secondary N) is 1. The fraction of sp³-hybridized carbons (Fsp3) is 0. The first-order valence-corrected chi connectivity index (χ1v) is 4.19. The maximum absolute atomic E-state index is 7.97. The van der Waals surface area contributed by atoms with Gasteiger partial charge in [-0.2, -0.15) is 0 Å². The Morgan fingerprint density at radius 2 is 1.46 bits per heavy atom. The molecule has 0 aliphatic rings. The fourth-order valence-corrected chi connectivity index (χ4v) is 1.59. The van der Waals surface area contributed by atoms with Gasteiger partial charge in [-0.1, -0.05) is 36.4 Å². The van der Waals surface area contributed by atoms with E-state index in [-0.39, 0.29) is 0 Å². The Hall–Kier alpha value is -1.76. The molecule has 0 amide bonds. The normalized spacial score (nSPS) is 14.3. The summed E-state index contributed by atoms with van der Waals surface area (Å²) < 4.78 is 23.6. The molecule has 0 bridgehead atoms. The van der Waals surface area contributed by atoms with Crippen molar-refractivity contribution in [1.82, 2.24) is 4.98 Å². The van der Waals surface area contributed by atoms with Gasteiger partial charge in [-0.15, -0.1) is 0 Å². The summed E-state index contributed by atoms with van der Waals surface area (Å²) in [6.07, 6.45) is 0. The second kappa shape index (κ2) is 2.36. The highest BCUT2D eigenvalue weighted by Crippen LogP contribution is 2.24. The Kier molecular flexibility index (Phi) is 0.812. The lowest BCUT2D eigenvalue weighted by atomic mass is 10.2. The van der Waals surface area contributed by atoms with Crippen molar-refractivity contribution in [2.75, 3.05) is 0 Å². The highest BCUT2D eigenvalue weighted by molar-refractivity contribution is 6.06. The van der Waals surface area contributed by atoms with Gasteiger partial charge in [-0.3, -0.25) is 0 Å². The molecule has 1 heteroatoms. The van der Waals surface area contributed by atoms with Crippen LogP contribution >= 0.6 is 0 Å². The highest BCUT2D eigenvalue weighted by atomic mass is 14.7. The van der Waals surface area contributed by atoms with Gasteiger partial charge in [0.2, 0.25) is 0 Å². The molecule has 0 aliphatic carbocycles. The minimum Gasteiger partial charge on any atom is -0.355 e. The summed E-state index contributed by atoms with van der Waals surface area (Å²) in [6, 6.07) is 11.4. The van der Waals surface area contributed by atoms with Crippen LogP contribution in [-0.2, 0) is 0 Å². The average Bonchev–Trinajstić information content (AvgIpc) is 2.56. The summed E-state index contributed by atoms with van der Waals surface area (Å²) in [5.74, 6) is 0. The highest BCUT2D eigenvalue weighted by Gasteiger charge is 2.00. The maximum Gasteiger partial charge on any atom is 0.167 e. The van der Waals surface area contributed by atoms with Gasteiger partial charge in [0.25, 0.3) is 0 Å². The number of rotatable bonds is 0. The molecule has 0 saturated heterocycles. The predicted octanol–water partition coefficient (Wildman–Crippen LogP) is 3.32. The molecule has 13 heavy (non-hydrogen) atoms. The number of aromatic nitrogens is 1. The van der Waals surface area contributed by atoms with Crippen molar-refractivity contribution < 1.29 is 4.15 Å². The molecule has 0 saturated carbocycles. The van der Waals surface area contributed by atoms with Crippen molar-refractivity contribution in [3.63, 3.8) is 0 Å². The first-order chi connectivity index (χ1) is 7.70. The van der Waals surface area contributed by atoms with Crippen LogP contribution < -0.4 is 0 Å². The summed E-state index contributed by atoms with van der Waals surface area (Å²) in [4.78, 5) is 1.19. The molecular formula is C12H9N. The van der Waals surface area contributed by atoms with Crippen molar-refractivity contribution in [3.05, 3.63) is 48.5 Å². The smallest absolute Gasteiger partial charge is 0.167 e. The zero-order valence-electron chi connectivity index (χ0n) is 9.91. The van der Waals surface area contributed by atoms with E-state index in [1.807, 2.05) is 12.1 Å². The predicted molar refractivity (Wildman–Crippen MR) is 55.8 cm³/mol. The van der Waals surface area contributed by atoms with Gasteiger partial charge in [-0.05, 0) is 12.1 Å². The molecule has 1 N–H and O–H groups in total. The summed E-state index contributed by atoms with van der Waals surface area (Å²) in [6.45, 7) is 0. The van der Waals surface area contributed by atoms with Crippen molar-refractivity contribution >= 4 is 21.8 Å². The number of hydrogen-bond acceptors (Lipinski definition) is 0. The lowest BCUT2D eigenvalue weighted by molar-refractivity contribution is 1.55. The quantitative estimate of drug-likeness (QED) is 0.532. The zero-order valence-corrected chi connectivity index (χ0v) is 6.91. The van der Waals surface area contributed by atoms with E-state index >= 15 is 0 Å². The van der Waals surface area contributed by atoms with E-state index in [0.29, 0.717) is 23.1 Å². The molecule has 1 aromatic heterocycles. The standard InChI is InChI=1S/C12H9N/c1-3-7-11-9(5-1)10-6-2-4-8-12(10)13-11/h1-8,13H/i7D,8D/hD. The van der Waals surface area contributed by atoms with Crippen LogP contribution in [0.15, 0.2) is 48.5 Å². The van der Waals surface area contributed by atoms with Crippen molar-refractivity contribution in [3.8, 4) is 0 Å². The van der Waals surface area contributed by atoms with Crippen LogP contribution in [0.1, 0.15) is 2.74 Å². The topological polar surface area (TPSA) is 15.8 Å². The molecule has 0 unspecified atom stereocenters. The molecule has 1 heterocycles. The minimum atomic E-state index is 0.322. The van der Waals surface area contributed by atoms with Crippen molar-refractivity contribution in [2.45, 2.75) is 0 Å². The molecule has 0 atom stereocenters. The maximum atomic E-state index is 7.97. The van der Waals surface area contributed by atoms with Gasteiger partial charge in [-0.25, -0.2) is 0 Å². The molecule has 3 rings (SSSR count).